The van der Waals surface area contributed by atoms with Gasteiger partial charge >= 0.3 is 0 Å². The Morgan fingerprint density at radius 2 is 1.84 bits per heavy atom. The minimum atomic E-state index is -0.447. The highest BCUT2D eigenvalue weighted by Gasteiger charge is 2.35. The summed E-state index contributed by atoms with van der Waals surface area (Å²) >= 11 is 13.3. The van der Waals surface area contributed by atoms with E-state index >= 15 is 0 Å². The van der Waals surface area contributed by atoms with Crippen molar-refractivity contribution in [2.45, 2.75) is 13.3 Å². The highest BCUT2D eigenvalue weighted by atomic mass is 35.5. The predicted molar refractivity (Wildman–Crippen MR) is 123 cm³/mol. The van der Waals surface area contributed by atoms with Gasteiger partial charge in [0.2, 0.25) is 0 Å². The molecule has 0 bridgehead atoms. The molecule has 1 unspecified atom stereocenters. The van der Waals surface area contributed by atoms with E-state index in [0.717, 1.165) is 17.2 Å². The number of nitrogens with two attached hydrogens (primary N) is 1. The third-order valence-electron chi connectivity index (χ3n) is 5.59. The van der Waals surface area contributed by atoms with Gasteiger partial charge in [0, 0.05) is 41.7 Å². The molecule has 0 amide bonds. The summed E-state index contributed by atoms with van der Waals surface area (Å²) in [6.07, 6.45) is 2.43. The summed E-state index contributed by atoms with van der Waals surface area (Å²) in [5, 5.41) is 11.9. The molecule has 4 rings (SSSR count). The van der Waals surface area contributed by atoms with Gasteiger partial charge in [-0.3, -0.25) is 0 Å². The largest absolute Gasteiger partial charge is 0.495 e. The number of anilines is 2. The molecule has 3 aromatic rings. The lowest BCUT2D eigenvalue weighted by atomic mass is 9.92. The summed E-state index contributed by atoms with van der Waals surface area (Å²) < 4.78 is 10.8. The molecule has 1 aromatic carbocycles. The van der Waals surface area contributed by atoms with Crippen molar-refractivity contribution in [3.63, 3.8) is 0 Å². The highest BCUT2D eigenvalue weighted by Crippen LogP contribution is 2.47. The van der Waals surface area contributed by atoms with Crippen molar-refractivity contribution in [3.05, 3.63) is 34.4 Å². The van der Waals surface area contributed by atoms with Crippen LogP contribution in [-0.2, 0) is 0 Å². The molecule has 9 heteroatoms. The molecule has 2 aromatic heterocycles. The van der Waals surface area contributed by atoms with Crippen molar-refractivity contribution in [3.8, 4) is 28.8 Å². The van der Waals surface area contributed by atoms with Crippen LogP contribution in [0.2, 0.25) is 10.0 Å². The van der Waals surface area contributed by atoms with Crippen LogP contribution in [0.3, 0.4) is 0 Å². The van der Waals surface area contributed by atoms with Crippen LogP contribution < -0.4 is 20.1 Å². The van der Waals surface area contributed by atoms with Gasteiger partial charge in [-0.05, 0) is 25.5 Å². The first-order chi connectivity index (χ1) is 14.8. The van der Waals surface area contributed by atoms with Crippen molar-refractivity contribution < 1.29 is 9.47 Å². The van der Waals surface area contributed by atoms with E-state index in [1.807, 2.05) is 13.0 Å². The van der Waals surface area contributed by atoms with Crippen LogP contribution in [-0.4, -0.2) is 37.3 Å². The first kappa shape index (κ1) is 21.3. The molecule has 1 atom stereocenters. The second kappa shape index (κ2) is 7.95. The summed E-state index contributed by atoms with van der Waals surface area (Å²) in [5.74, 6) is 1.95. The maximum absolute atomic E-state index is 9.58. The molecule has 1 saturated heterocycles. The number of nitriles is 1. The van der Waals surface area contributed by atoms with E-state index < -0.39 is 5.41 Å². The number of hydrogen-bond acceptors (Lipinski definition) is 7. The average molecular weight is 458 g/mol. The second-order valence-electron chi connectivity index (χ2n) is 7.79. The van der Waals surface area contributed by atoms with Crippen molar-refractivity contribution in [1.29, 1.82) is 5.26 Å². The molecule has 0 spiro atoms. The number of ether oxygens (including phenoxy) is 2. The second-order valence-corrected chi connectivity index (χ2v) is 8.55. The number of nitrogen functional groups attached to an aromatic ring is 1. The zero-order valence-electron chi connectivity index (χ0n) is 17.4. The lowest BCUT2D eigenvalue weighted by Gasteiger charge is -2.22. The normalized spacial score (nSPS) is 18.3. The maximum Gasteiger partial charge on any atom is 0.141 e. The first-order valence-electron chi connectivity index (χ1n) is 9.63. The lowest BCUT2D eigenvalue weighted by Crippen LogP contribution is -2.24. The van der Waals surface area contributed by atoms with Gasteiger partial charge in [-0.25, -0.2) is 9.97 Å². The molecule has 1 aliphatic heterocycles. The Morgan fingerprint density at radius 1 is 1.16 bits per heavy atom. The number of pyridine rings is 2. The molecule has 3 heterocycles. The van der Waals surface area contributed by atoms with Crippen LogP contribution in [0.25, 0.3) is 22.0 Å². The number of halogens is 2. The van der Waals surface area contributed by atoms with Gasteiger partial charge in [-0.1, -0.05) is 23.2 Å². The summed E-state index contributed by atoms with van der Waals surface area (Å²) in [5.41, 5.74) is 6.56. The van der Waals surface area contributed by atoms with Crippen LogP contribution in [0.15, 0.2) is 24.4 Å². The summed E-state index contributed by atoms with van der Waals surface area (Å²) in [4.78, 5) is 11.2. The van der Waals surface area contributed by atoms with Gasteiger partial charge in [0.15, 0.2) is 0 Å². The third-order valence-corrected chi connectivity index (χ3v) is 6.34. The van der Waals surface area contributed by atoms with E-state index in [1.165, 1.54) is 14.2 Å². The van der Waals surface area contributed by atoms with Crippen molar-refractivity contribution in [1.82, 2.24) is 9.97 Å². The fourth-order valence-corrected chi connectivity index (χ4v) is 4.55. The molecule has 0 aliphatic carbocycles. The Labute approximate surface area is 190 Å². The molecule has 160 valence electrons. The van der Waals surface area contributed by atoms with Gasteiger partial charge in [0.25, 0.3) is 0 Å². The zero-order chi connectivity index (χ0) is 22.3. The summed E-state index contributed by atoms with van der Waals surface area (Å²) in [6, 6.07) is 7.70. The van der Waals surface area contributed by atoms with Crippen molar-refractivity contribution in [2.24, 2.45) is 5.41 Å². The molecular weight excluding hydrogens is 437 g/mol. The van der Waals surface area contributed by atoms with Gasteiger partial charge in [0.1, 0.15) is 23.1 Å². The minimum absolute atomic E-state index is 0.331. The van der Waals surface area contributed by atoms with E-state index in [4.69, 9.17) is 43.4 Å². The summed E-state index contributed by atoms with van der Waals surface area (Å²) in [6.45, 7) is 3.20. The van der Waals surface area contributed by atoms with Crippen LogP contribution >= 0.6 is 23.2 Å². The van der Waals surface area contributed by atoms with Gasteiger partial charge < -0.3 is 20.1 Å². The first-order valence-corrected chi connectivity index (χ1v) is 10.4. The van der Waals surface area contributed by atoms with E-state index in [-0.39, 0.29) is 0 Å². The number of aromatic nitrogens is 2. The zero-order valence-corrected chi connectivity index (χ0v) is 18.9. The predicted octanol–water partition coefficient (Wildman–Crippen LogP) is 4.94. The molecule has 31 heavy (non-hydrogen) atoms. The molecular formula is C22H21Cl2N5O2. The average Bonchev–Trinajstić information content (AvgIpc) is 3.16. The molecule has 0 radical (unpaired) electrons. The van der Waals surface area contributed by atoms with Gasteiger partial charge in [-0.15, -0.1) is 0 Å². The van der Waals surface area contributed by atoms with Crippen LogP contribution in [0.5, 0.6) is 11.5 Å². The molecule has 1 fully saturated rings. The van der Waals surface area contributed by atoms with Crippen LogP contribution in [0.1, 0.15) is 13.3 Å². The Kier molecular flexibility index (Phi) is 5.46. The number of benzene rings is 1. The Bertz CT molecular complexity index is 1200. The van der Waals surface area contributed by atoms with Gasteiger partial charge in [0.05, 0.1) is 41.4 Å². The maximum atomic E-state index is 9.58. The number of nitrogens with zero attached hydrogens (tertiary/aromatic N) is 4. The standard InChI is InChI=1S/C22H21Cl2N5O2/c1-22(10-25)4-5-29(11-22)21-13-7-17(26)27-9-12(13)6-14(28-21)18-19(23)15(30-2)8-16(31-3)20(18)24/h6-9H,4-5,11H2,1-3H3,(H2,26,27). The van der Waals surface area contributed by atoms with E-state index in [9.17, 15) is 5.26 Å². The number of fused-ring (bicyclic) bond motifs is 1. The van der Waals surface area contributed by atoms with E-state index in [2.05, 4.69) is 16.0 Å². The van der Waals surface area contributed by atoms with Crippen molar-refractivity contribution in [2.75, 3.05) is 37.9 Å². The minimum Gasteiger partial charge on any atom is -0.495 e. The smallest absolute Gasteiger partial charge is 0.141 e. The molecule has 2 N–H and O–H groups in total. The number of hydrogen-bond donors (Lipinski definition) is 1. The Hall–Kier alpha value is -2.95. The number of rotatable bonds is 4. The quantitative estimate of drug-likeness (QED) is 0.591. The molecule has 0 saturated carbocycles. The highest BCUT2D eigenvalue weighted by molar-refractivity contribution is 6.41. The fourth-order valence-electron chi connectivity index (χ4n) is 3.86. The van der Waals surface area contributed by atoms with Crippen molar-refractivity contribution >= 4 is 45.6 Å². The molecule has 7 nitrogen and oxygen atoms in total. The fraction of sp³-hybridized carbons (Fsp3) is 0.318. The Morgan fingerprint density at radius 3 is 2.42 bits per heavy atom. The number of methoxy groups -OCH3 is 2. The Balaban J connectivity index is 1.98. The van der Waals surface area contributed by atoms with Crippen LogP contribution in [0.4, 0.5) is 11.6 Å². The van der Waals surface area contributed by atoms with E-state index in [0.29, 0.717) is 57.5 Å². The SMILES string of the molecule is COc1cc(OC)c(Cl)c(-c2cc3cnc(N)cc3c(N3CCC(C)(C#N)C3)n2)c1Cl. The van der Waals surface area contributed by atoms with Crippen LogP contribution in [0, 0.1) is 16.7 Å². The summed E-state index contributed by atoms with van der Waals surface area (Å²) in [7, 11) is 3.05. The van der Waals surface area contributed by atoms with E-state index in [1.54, 1.807) is 18.3 Å². The lowest BCUT2D eigenvalue weighted by molar-refractivity contribution is 0.395. The monoisotopic (exact) mass is 457 g/mol. The van der Waals surface area contributed by atoms with Gasteiger partial charge in [-0.2, -0.15) is 5.26 Å². The topological polar surface area (TPSA) is 97.3 Å². The third kappa shape index (κ3) is 3.67. The molecule has 1 aliphatic rings.